The van der Waals surface area contributed by atoms with Crippen molar-refractivity contribution >= 4 is 11.9 Å². The van der Waals surface area contributed by atoms with E-state index in [9.17, 15) is 19.5 Å². The van der Waals surface area contributed by atoms with Gasteiger partial charge in [-0.15, -0.1) is 0 Å². The summed E-state index contributed by atoms with van der Waals surface area (Å²) in [5.74, 6) is -2.74. The summed E-state index contributed by atoms with van der Waals surface area (Å²) in [6.45, 7) is 11.1. The largest absolute Gasteiger partial charge is 0.505 e. The summed E-state index contributed by atoms with van der Waals surface area (Å²) in [6, 6.07) is 7.74. The normalized spacial score (nSPS) is 11.9. The fourth-order valence-electron chi connectivity index (χ4n) is 2.91. The van der Waals surface area contributed by atoms with Crippen LogP contribution in [0.5, 0.6) is 5.75 Å². The number of carboxylic acids is 1. The van der Waals surface area contributed by atoms with Gasteiger partial charge in [-0.25, -0.2) is 4.68 Å². The summed E-state index contributed by atoms with van der Waals surface area (Å²) >= 11 is 0. The molecule has 8 heteroatoms. The van der Waals surface area contributed by atoms with E-state index in [1.165, 1.54) is 0 Å². The van der Waals surface area contributed by atoms with E-state index in [4.69, 9.17) is 5.11 Å². The van der Waals surface area contributed by atoms with E-state index in [1.54, 1.807) is 20.8 Å². The maximum absolute atomic E-state index is 12.9. The third-order valence-corrected chi connectivity index (χ3v) is 4.62. The van der Waals surface area contributed by atoms with E-state index >= 15 is 0 Å². The average Bonchev–Trinajstić information content (AvgIpc) is 2.61. The van der Waals surface area contributed by atoms with Gasteiger partial charge in [0.25, 0.3) is 11.5 Å². The highest BCUT2D eigenvalue weighted by Crippen LogP contribution is 2.30. The van der Waals surface area contributed by atoms with Gasteiger partial charge in [0.2, 0.25) is 0 Å². The molecule has 0 radical (unpaired) electrons. The summed E-state index contributed by atoms with van der Waals surface area (Å²) in [7, 11) is 0. The third kappa shape index (κ3) is 5.25. The van der Waals surface area contributed by atoms with Gasteiger partial charge in [-0.2, -0.15) is 5.10 Å². The van der Waals surface area contributed by atoms with Crippen LogP contribution < -0.4 is 10.9 Å². The molecule has 1 heterocycles. The fourth-order valence-corrected chi connectivity index (χ4v) is 2.91. The molecule has 0 saturated carbocycles. The Morgan fingerprint density at radius 1 is 1.03 bits per heavy atom. The maximum Gasteiger partial charge on any atom is 0.322 e. The van der Waals surface area contributed by atoms with Crippen molar-refractivity contribution in [3.05, 3.63) is 57.0 Å². The second kappa shape index (κ2) is 8.30. The predicted molar refractivity (Wildman–Crippen MR) is 113 cm³/mol. The van der Waals surface area contributed by atoms with Crippen molar-refractivity contribution in [1.29, 1.82) is 0 Å². The van der Waals surface area contributed by atoms with Crippen molar-refractivity contribution in [2.45, 2.75) is 58.9 Å². The zero-order valence-electron chi connectivity index (χ0n) is 18.2. The molecule has 162 valence electrons. The smallest absolute Gasteiger partial charge is 0.322 e. The molecule has 8 nitrogen and oxygen atoms in total. The molecule has 2 rings (SSSR count). The molecule has 0 aliphatic carbocycles. The minimum Gasteiger partial charge on any atom is -0.505 e. The molecule has 3 N–H and O–H groups in total. The lowest BCUT2D eigenvalue weighted by molar-refractivity contribution is -0.135. The Labute approximate surface area is 175 Å². The van der Waals surface area contributed by atoms with E-state index in [1.807, 2.05) is 24.3 Å². The predicted octanol–water partition coefficient (Wildman–Crippen LogP) is 2.41. The van der Waals surface area contributed by atoms with Crippen molar-refractivity contribution in [3.63, 3.8) is 0 Å². The number of aromatic nitrogens is 2. The number of aromatic hydroxyl groups is 1. The topological polar surface area (TPSA) is 122 Å². The van der Waals surface area contributed by atoms with Crippen LogP contribution in [0.1, 0.15) is 68.7 Å². The van der Waals surface area contributed by atoms with Gasteiger partial charge >= 0.3 is 5.97 Å². The van der Waals surface area contributed by atoms with Gasteiger partial charge in [0.1, 0.15) is 17.8 Å². The summed E-state index contributed by atoms with van der Waals surface area (Å²) < 4.78 is 1.13. The van der Waals surface area contributed by atoms with Crippen molar-refractivity contribution < 1.29 is 19.8 Å². The number of nitrogens with zero attached hydrogens (tertiary/aromatic N) is 2. The molecule has 0 fully saturated rings. The van der Waals surface area contributed by atoms with Crippen molar-refractivity contribution in [2.24, 2.45) is 0 Å². The Morgan fingerprint density at radius 3 is 2.07 bits per heavy atom. The Morgan fingerprint density at radius 2 is 1.60 bits per heavy atom. The number of carboxylic acid groups (broad SMARTS) is 1. The van der Waals surface area contributed by atoms with Crippen LogP contribution in [0.25, 0.3) is 0 Å². The van der Waals surface area contributed by atoms with Gasteiger partial charge < -0.3 is 15.5 Å². The highest BCUT2D eigenvalue weighted by atomic mass is 16.4. The van der Waals surface area contributed by atoms with Crippen LogP contribution in [0, 0.1) is 0 Å². The molecule has 0 unspecified atom stereocenters. The van der Waals surface area contributed by atoms with Crippen molar-refractivity contribution in [3.8, 4) is 5.75 Å². The number of benzene rings is 1. The first-order chi connectivity index (χ1) is 13.7. The standard InChI is InChI=1S/C22H29N3O5/c1-21(2,3)14-9-7-13(8-10-14)12-25-20(30)16(19(29)23-11-15(26)27)17(28)18(24-25)22(4,5)6/h7-10,28H,11-12H2,1-6H3,(H,23,29)(H,26,27). The Balaban J connectivity index is 2.54. The molecule has 0 aliphatic heterocycles. The van der Waals surface area contributed by atoms with E-state index in [-0.39, 0.29) is 17.7 Å². The first-order valence-electron chi connectivity index (χ1n) is 9.66. The summed E-state index contributed by atoms with van der Waals surface area (Å²) in [5, 5.41) is 25.8. The van der Waals surface area contributed by atoms with Gasteiger partial charge in [-0.05, 0) is 16.5 Å². The fraction of sp³-hybridized carbons (Fsp3) is 0.455. The molecule has 0 bridgehead atoms. The van der Waals surface area contributed by atoms with E-state index in [0.717, 1.165) is 15.8 Å². The number of carbonyl (C=O) groups is 2. The van der Waals surface area contributed by atoms with Crippen LogP contribution in [0.2, 0.25) is 0 Å². The number of nitrogens with one attached hydrogen (secondary N) is 1. The Bertz CT molecular complexity index is 1010. The summed E-state index contributed by atoms with van der Waals surface area (Å²) in [4.78, 5) is 36.1. The molecule has 0 spiro atoms. The maximum atomic E-state index is 12.9. The zero-order chi connectivity index (χ0) is 22.9. The first kappa shape index (κ1) is 23.1. The Kier molecular flexibility index (Phi) is 6.39. The number of rotatable bonds is 5. The second-order valence-corrected chi connectivity index (χ2v) is 9.31. The number of hydrogen-bond donors (Lipinski definition) is 3. The first-order valence-corrected chi connectivity index (χ1v) is 9.66. The molecule has 2 aromatic rings. The molecule has 0 atom stereocenters. The van der Waals surface area contributed by atoms with Crippen LogP contribution in [0.4, 0.5) is 0 Å². The second-order valence-electron chi connectivity index (χ2n) is 9.31. The third-order valence-electron chi connectivity index (χ3n) is 4.62. The lowest BCUT2D eigenvalue weighted by Crippen LogP contribution is -2.38. The van der Waals surface area contributed by atoms with Crippen molar-refractivity contribution in [2.75, 3.05) is 6.54 Å². The van der Waals surface area contributed by atoms with Crippen LogP contribution in [-0.4, -0.2) is 38.4 Å². The summed E-state index contributed by atoms with van der Waals surface area (Å²) in [6.07, 6.45) is 0. The average molecular weight is 415 g/mol. The lowest BCUT2D eigenvalue weighted by atomic mass is 9.87. The molecule has 1 aromatic carbocycles. The molecular weight excluding hydrogens is 386 g/mol. The minimum absolute atomic E-state index is 0.0129. The van der Waals surface area contributed by atoms with Crippen LogP contribution in [-0.2, 0) is 22.2 Å². The molecule has 0 saturated heterocycles. The van der Waals surface area contributed by atoms with Gasteiger partial charge in [-0.1, -0.05) is 65.8 Å². The molecular formula is C22H29N3O5. The molecule has 30 heavy (non-hydrogen) atoms. The highest BCUT2D eigenvalue weighted by Gasteiger charge is 2.29. The van der Waals surface area contributed by atoms with E-state index < -0.39 is 40.7 Å². The van der Waals surface area contributed by atoms with Crippen LogP contribution in [0.3, 0.4) is 0 Å². The number of aliphatic carboxylic acids is 1. The van der Waals surface area contributed by atoms with E-state index in [0.29, 0.717) is 0 Å². The van der Waals surface area contributed by atoms with Gasteiger partial charge in [0.05, 0.1) is 6.54 Å². The summed E-state index contributed by atoms with van der Waals surface area (Å²) in [5.41, 5.74) is 0.152. The minimum atomic E-state index is -1.26. The van der Waals surface area contributed by atoms with Crippen LogP contribution in [0.15, 0.2) is 29.1 Å². The van der Waals surface area contributed by atoms with Crippen LogP contribution >= 0.6 is 0 Å². The molecule has 1 aromatic heterocycles. The monoisotopic (exact) mass is 415 g/mol. The quantitative estimate of drug-likeness (QED) is 0.689. The van der Waals surface area contributed by atoms with Crippen molar-refractivity contribution in [1.82, 2.24) is 15.1 Å². The number of hydrogen-bond acceptors (Lipinski definition) is 5. The van der Waals surface area contributed by atoms with Gasteiger partial charge in [0.15, 0.2) is 5.75 Å². The van der Waals surface area contributed by atoms with Gasteiger partial charge in [0, 0.05) is 5.41 Å². The van der Waals surface area contributed by atoms with Gasteiger partial charge in [-0.3, -0.25) is 14.4 Å². The highest BCUT2D eigenvalue weighted by molar-refractivity contribution is 5.98. The number of carbonyl (C=O) groups excluding carboxylic acids is 1. The molecule has 1 amide bonds. The van der Waals surface area contributed by atoms with E-state index in [2.05, 4.69) is 31.2 Å². The Hall–Kier alpha value is -3.16. The SMILES string of the molecule is CC(C)(C)c1ccc(Cn2nc(C(C)(C)C)c(O)c(C(=O)NCC(=O)O)c2=O)cc1. The number of amides is 1. The lowest BCUT2D eigenvalue weighted by Gasteiger charge is -2.22. The zero-order valence-corrected chi connectivity index (χ0v) is 18.2. The molecule has 0 aliphatic rings.